The molecule has 0 aromatic carbocycles. The third-order valence-corrected chi connectivity index (χ3v) is 4.25. The molecule has 27 heavy (non-hydrogen) atoms. The average Bonchev–Trinajstić information content (AvgIpc) is 3.19. The number of esters is 1. The molecule has 0 saturated carbocycles. The number of fused-ring (bicyclic) bond motifs is 1. The number of aryl methyl sites for hydroxylation is 3. The van der Waals surface area contributed by atoms with E-state index in [1.165, 1.54) is 7.11 Å². The van der Waals surface area contributed by atoms with Crippen molar-refractivity contribution in [3.63, 3.8) is 0 Å². The second-order valence-corrected chi connectivity index (χ2v) is 6.27. The van der Waals surface area contributed by atoms with E-state index in [2.05, 4.69) is 20.2 Å². The molecule has 0 bridgehead atoms. The third kappa shape index (κ3) is 3.84. The zero-order valence-electron chi connectivity index (χ0n) is 15.7. The molecule has 3 heterocycles. The Balaban J connectivity index is 1.91. The summed E-state index contributed by atoms with van der Waals surface area (Å²) < 4.78 is 15.4. The zero-order chi connectivity index (χ0) is 19.6. The second-order valence-electron chi connectivity index (χ2n) is 6.27. The first-order chi connectivity index (χ1) is 12.9. The largest absolute Gasteiger partial charge is 0.469 e. The van der Waals surface area contributed by atoms with Gasteiger partial charge >= 0.3 is 5.97 Å². The fraction of sp³-hybridized carbons (Fsp3) is 0.368. The topological polar surface area (TPSA) is 107 Å². The van der Waals surface area contributed by atoms with Gasteiger partial charge in [0.2, 0.25) is 0 Å². The van der Waals surface area contributed by atoms with E-state index in [0.29, 0.717) is 46.8 Å². The Morgan fingerprint density at radius 2 is 2.00 bits per heavy atom. The van der Waals surface area contributed by atoms with E-state index in [-0.39, 0.29) is 18.3 Å². The second kappa shape index (κ2) is 7.61. The molecule has 8 nitrogen and oxygen atoms in total. The first-order valence-corrected chi connectivity index (χ1v) is 8.60. The lowest BCUT2D eigenvalue weighted by molar-refractivity contribution is -0.140. The fourth-order valence-electron chi connectivity index (χ4n) is 2.93. The van der Waals surface area contributed by atoms with Gasteiger partial charge in [-0.3, -0.25) is 9.59 Å². The molecule has 0 fully saturated rings. The van der Waals surface area contributed by atoms with Crippen LogP contribution in [0.15, 0.2) is 21.1 Å². The minimum atomic E-state index is -0.307. The van der Waals surface area contributed by atoms with E-state index in [1.54, 1.807) is 13.0 Å². The summed E-state index contributed by atoms with van der Waals surface area (Å²) in [6.07, 6.45) is 0.732. The molecule has 142 valence electrons. The van der Waals surface area contributed by atoms with Crippen LogP contribution in [0.1, 0.15) is 40.4 Å². The number of rotatable bonds is 6. The Labute approximate surface area is 155 Å². The van der Waals surface area contributed by atoms with Gasteiger partial charge in [0, 0.05) is 18.5 Å². The molecule has 0 aliphatic carbocycles. The molecular formula is C19H21N3O5. The number of carbonyl (C=O) groups excluding carboxylic acids is 2. The van der Waals surface area contributed by atoms with Crippen molar-refractivity contribution in [2.75, 3.05) is 13.7 Å². The zero-order valence-corrected chi connectivity index (χ0v) is 15.7. The summed E-state index contributed by atoms with van der Waals surface area (Å²) in [7, 11) is 1.34. The minimum Gasteiger partial charge on any atom is -0.469 e. The average molecular weight is 371 g/mol. The summed E-state index contributed by atoms with van der Waals surface area (Å²) in [5.41, 5.74) is 2.67. The van der Waals surface area contributed by atoms with Gasteiger partial charge in [0.1, 0.15) is 11.5 Å². The van der Waals surface area contributed by atoms with E-state index < -0.39 is 0 Å². The van der Waals surface area contributed by atoms with Crippen molar-refractivity contribution in [3.8, 4) is 11.3 Å². The predicted octanol–water partition coefficient (Wildman–Crippen LogP) is 3.09. The van der Waals surface area contributed by atoms with Gasteiger partial charge in [0.05, 0.1) is 29.4 Å². The van der Waals surface area contributed by atoms with Crippen molar-refractivity contribution < 1.29 is 23.3 Å². The van der Waals surface area contributed by atoms with Crippen LogP contribution in [0, 0.1) is 20.8 Å². The molecule has 3 rings (SSSR count). The van der Waals surface area contributed by atoms with Gasteiger partial charge in [-0.25, -0.2) is 4.98 Å². The van der Waals surface area contributed by atoms with Gasteiger partial charge in [-0.15, -0.1) is 0 Å². The normalized spacial score (nSPS) is 11.0. The lowest BCUT2D eigenvalue weighted by Crippen LogP contribution is -2.25. The Morgan fingerprint density at radius 1 is 1.22 bits per heavy atom. The molecular weight excluding hydrogens is 350 g/mol. The van der Waals surface area contributed by atoms with Gasteiger partial charge in [0.15, 0.2) is 0 Å². The summed E-state index contributed by atoms with van der Waals surface area (Å²) in [5, 5.41) is 7.32. The molecule has 1 N–H and O–H groups in total. The summed E-state index contributed by atoms with van der Waals surface area (Å²) >= 11 is 0. The number of ether oxygens (including phenoxy) is 1. The molecule has 1 amide bonds. The number of nitrogens with zero attached hydrogens (tertiary/aromatic N) is 2. The van der Waals surface area contributed by atoms with E-state index in [1.807, 2.05) is 19.9 Å². The fourth-order valence-corrected chi connectivity index (χ4v) is 2.93. The van der Waals surface area contributed by atoms with Crippen LogP contribution in [0.5, 0.6) is 0 Å². The Kier molecular flexibility index (Phi) is 5.25. The van der Waals surface area contributed by atoms with Crippen molar-refractivity contribution >= 4 is 23.0 Å². The number of amides is 1. The maximum Gasteiger partial charge on any atom is 0.305 e. The van der Waals surface area contributed by atoms with Crippen LogP contribution >= 0.6 is 0 Å². The van der Waals surface area contributed by atoms with Crippen molar-refractivity contribution in [2.45, 2.75) is 33.6 Å². The number of hydrogen-bond donors (Lipinski definition) is 1. The summed E-state index contributed by atoms with van der Waals surface area (Å²) in [4.78, 5) is 28.4. The number of carbonyl (C=O) groups is 2. The first-order valence-electron chi connectivity index (χ1n) is 8.60. The van der Waals surface area contributed by atoms with Crippen LogP contribution in [0.25, 0.3) is 22.4 Å². The van der Waals surface area contributed by atoms with E-state index in [9.17, 15) is 9.59 Å². The number of aromatic nitrogens is 2. The number of hydrogen-bond acceptors (Lipinski definition) is 7. The summed E-state index contributed by atoms with van der Waals surface area (Å²) in [5.74, 6) is 0.878. The maximum atomic E-state index is 12.7. The van der Waals surface area contributed by atoms with Crippen LogP contribution in [0.4, 0.5) is 0 Å². The van der Waals surface area contributed by atoms with Gasteiger partial charge in [-0.2, -0.15) is 0 Å². The molecule has 0 aliphatic heterocycles. The molecule has 0 aliphatic rings. The highest BCUT2D eigenvalue weighted by molar-refractivity contribution is 6.07. The highest BCUT2D eigenvalue weighted by Crippen LogP contribution is 2.30. The van der Waals surface area contributed by atoms with Gasteiger partial charge in [-0.1, -0.05) is 5.16 Å². The van der Waals surface area contributed by atoms with Crippen molar-refractivity contribution in [1.82, 2.24) is 15.5 Å². The molecule has 0 saturated heterocycles. The minimum absolute atomic E-state index is 0.244. The molecule has 0 spiro atoms. The highest BCUT2D eigenvalue weighted by Gasteiger charge is 2.20. The predicted molar refractivity (Wildman–Crippen MR) is 97.3 cm³/mol. The van der Waals surface area contributed by atoms with Gasteiger partial charge < -0.3 is 19.0 Å². The molecule has 3 aromatic heterocycles. The van der Waals surface area contributed by atoms with Gasteiger partial charge in [0.25, 0.3) is 11.6 Å². The van der Waals surface area contributed by atoms with Crippen LogP contribution in [-0.2, 0) is 9.53 Å². The van der Waals surface area contributed by atoms with Gasteiger partial charge in [-0.05, 0) is 39.3 Å². The van der Waals surface area contributed by atoms with Crippen molar-refractivity contribution in [3.05, 3.63) is 34.9 Å². The van der Waals surface area contributed by atoms with E-state index in [0.717, 1.165) is 11.3 Å². The van der Waals surface area contributed by atoms with Crippen LogP contribution < -0.4 is 5.32 Å². The monoisotopic (exact) mass is 371 g/mol. The molecule has 0 unspecified atom stereocenters. The molecule has 3 aromatic rings. The quantitative estimate of drug-likeness (QED) is 0.524. The van der Waals surface area contributed by atoms with E-state index >= 15 is 0 Å². The smallest absolute Gasteiger partial charge is 0.305 e. The Bertz CT molecular complexity index is 1000. The molecule has 0 radical (unpaired) electrons. The van der Waals surface area contributed by atoms with E-state index in [4.69, 9.17) is 8.94 Å². The first kappa shape index (κ1) is 18.6. The lowest BCUT2D eigenvalue weighted by atomic mass is 10.1. The Morgan fingerprint density at radius 3 is 2.67 bits per heavy atom. The SMILES string of the molecule is COC(=O)CCCNC(=O)c1cc(-c2cc(C)oc2C)nc2onc(C)c12. The number of methoxy groups -OCH3 is 1. The molecule has 8 heteroatoms. The lowest BCUT2D eigenvalue weighted by Gasteiger charge is -2.08. The summed E-state index contributed by atoms with van der Waals surface area (Å²) in [6, 6.07) is 3.57. The van der Waals surface area contributed by atoms with Crippen molar-refractivity contribution in [2.24, 2.45) is 0 Å². The number of nitrogens with one attached hydrogen (secondary N) is 1. The van der Waals surface area contributed by atoms with Crippen molar-refractivity contribution in [1.29, 1.82) is 0 Å². The highest BCUT2D eigenvalue weighted by atomic mass is 16.5. The number of pyridine rings is 1. The number of furan rings is 1. The third-order valence-electron chi connectivity index (χ3n) is 4.25. The van der Waals surface area contributed by atoms with Crippen LogP contribution in [-0.4, -0.2) is 35.7 Å². The Hall–Kier alpha value is -3.16. The maximum absolute atomic E-state index is 12.7. The molecule has 0 atom stereocenters. The van der Waals surface area contributed by atoms with Crippen LogP contribution in [0.2, 0.25) is 0 Å². The summed E-state index contributed by atoms with van der Waals surface area (Å²) in [6.45, 7) is 5.80. The van der Waals surface area contributed by atoms with Crippen LogP contribution in [0.3, 0.4) is 0 Å². The standard InChI is InChI=1S/C19H21N3O5/c1-10-8-13(12(3)26-10)15-9-14(17-11(2)22-27-19(17)21-15)18(24)20-7-5-6-16(23)25-4/h8-9H,5-7H2,1-4H3,(H,20,24).